The zero-order valence-corrected chi connectivity index (χ0v) is 11.5. The fourth-order valence-corrected chi connectivity index (χ4v) is 2.85. The molecule has 0 aliphatic carbocycles. The van der Waals surface area contributed by atoms with Gasteiger partial charge in [-0.2, -0.15) is 0 Å². The van der Waals surface area contributed by atoms with Gasteiger partial charge in [0.15, 0.2) is 0 Å². The van der Waals surface area contributed by atoms with Crippen molar-refractivity contribution in [3.8, 4) is 0 Å². The first-order valence-corrected chi connectivity index (χ1v) is 7.36. The zero-order chi connectivity index (χ0) is 11.8. The van der Waals surface area contributed by atoms with Gasteiger partial charge in [0.2, 0.25) is 0 Å². The molecule has 92 valence electrons. The van der Waals surface area contributed by atoms with Crippen molar-refractivity contribution in [2.75, 3.05) is 0 Å². The maximum Gasteiger partial charge on any atom is 0.0932 e. The lowest BCUT2D eigenvalue weighted by molar-refractivity contribution is 0.167. The smallest absolute Gasteiger partial charge is 0.0932 e. The summed E-state index contributed by atoms with van der Waals surface area (Å²) >= 11 is 7.31. The lowest BCUT2D eigenvalue weighted by Gasteiger charge is -2.07. The van der Waals surface area contributed by atoms with Gasteiger partial charge in [-0.15, -0.1) is 11.3 Å². The van der Waals surface area contributed by atoms with Gasteiger partial charge in [-0.1, -0.05) is 57.0 Å². The van der Waals surface area contributed by atoms with Gasteiger partial charge < -0.3 is 5.11 Å². The monoisotopic (exact) mass is 260 g/mol. The number of hydrogen-bond donors (Lipinski definition) is 1. The lowest BCUT2D eigenvalue weighted by Crippen LogP contribution is -1.94. The van der Waals surface area contributed by atoms with E-state index in [0.717, 1.165) is 22.1 Å². The maximum atomic E-state index is 9.89. The van der Waals surface area contributed by atoms with Crippen LogP contribution in [0.4, 0.5) is 0 Å². The Balaban J connectivity index is 2.09. The van der Waals surface area contributed by atoms with E-state index in [0.29, 0.717) is 0 Å². The Morgan fingerprint density at radius 3 is 2.50 bits per heavy atom. The number of thiophene rings is 1. The molecule has 1 atom stereocenters. The standard InChI is InChI=1S/C13H21ClOS/c1-2-3-4-5-6-7-8-11(15)12-9-10-13(14)16-12/h9-11,15H,2-8H2,1H3. The Morgan fingerprint density at radius 2 is 1.88 bits per heavy atom. The molecule has 0 aliphatic rings. The summed E-state index contributed by atoms with van der Waals surface area (Å²) < 4.78 is 0.761. The van der Waals surface area contributed by atoms with Gasteiger partial charge in [0.05, 0.1) is 10.4 Å². The molecule has 0 aliphatic heterocycles. The van der Waals surface area contributed by atoms with Crippen LogP contribution in [0.1, 0.15) is 62.9 Å². The molecule has 0 saturated heterocycles. The number of rotatable bonds is 8. The van der Waals surface area contributed by atoms with Gasteiger partial charge in [-0.25, -0.2) is 0 Å². The average Bonchev–Trinajstić information content (AvgIpc) is 2.70. The quantitative estimate of drug-likeness (QED) is 0.638. The molecule has 1 heterocycles. The Kier molecular flexibility index (Phi) is 7.10. The molecule has 0 amide bonds. The summed E-state index contributed by atoms with van der Waals surface area (Å²) in [6, 6.07) is 3.78. The number of hydrogen-bond acceptors (Lipinski definition) is 2. The Bertz CT molecular complexity index is 285. The van der Waals surface area contributed by atoms with E-state index in [-0.39, 0.29) is 6.10 Å². The highest BCUT2D eigenvalue weighted by molar-refractivity contribution is 7.16. The van der Waals surface area contributed by atoms with Crippen LogP contribution in [0.25, 0.3) is 0 Å². The molecular formula is C13H21ClOS. The summed E-state index contributed by atoms with van der Waals surface area (Å²) in [5.41, 5.74) is 0. The minimum Gasteiger partial charge on any atom is -0.388 e. The van der Waals surface area contributed by atoms with Crippen LogP contribution in [0.2, 0.25) is 4.34 Å². The van der Waals surface area contributed by atoms with Crippen LogP contribution in [0.3, 0.4) is 0 Å². The SMILES string of the molecule is CCCCCCCCC(O)c1ccc(Cl)s1. The van der Waals surface area contributed by atoms with Crippen LogP contribution in [0, 0.1) is 0 Å². The molecule has 3 heteroatoms. The van der Waals surface area contributed by atoms with E-state index in [4.69, 9.17) is 11.6 Å². The van der Waals surface area contributed by atoms with E-state index in [1.54, 1.807) is 0 Å². The summed E-state index contributed by atoms with van der Waals surface area (Å²) in [6.45, 7) is 2.23. The highest BCUT2D eigenvalue weighted by Gasteiger charge is 2.09. The Labute approximate surface area is 107 Å². The van der Waals surface area contributed by atoms with Crippen LogP contribution >= 0.6 is 22.9 Å². The molecule has 0 bridgehead atoms. The third-order valence-corrected chi connectivity index (χ3v) is 4.09. The number of halogens is 1. The minimum absolute atomic E-state index is 0.316. The fourth-order valence-electron chi connectivity index (χ4n) is 1.77. The molecule has 0 aromatic carbocycles. The number of aliphatic hydroxyl groups excluding tert-OH is 1. The molecule has 0 saturated carbocycles. The van der Waals surface area contributed by atoms with Crippen molar-refractivity contribution in [2.24, 2.45) is 0 Å². The molecule has 0 fully saturated rings. The van der Waals surface area contributed by atoms with E-state index in [1.807, 2.05) is 12.1 Å². The fraction of sp³-hybridized carbons (Fsp3) is 0.692. The number of aliphatic hydroxyl groups is 1. The predicted molar refractivity (Wildman–Crippen MR) is 72.3 cm³/mol. The van der Waals surface area contributed by atoms with Crippen molar-refractivity contribution in [1.82, 2.24) is 0 Å². The second-order valence-corrected chi connectivity index (χ2v) is 5.96. The topological polar surface area (TPSA) is 20.2 Å². The zero-order valence-electron chi connectivity index (χ0n) is 9.92. The average molecular weight is 261 g/mol. The number of unbranched alkanes of at least 4 members (excludes halogenated alkanes) is 5. The first kappa shape index (κ1) is 14.0. The van der Waals surface area contributed by atoms with Crippen molar-refractivity contribution in [2.45, 2.75) is 58.0 Å². The highest BCUT2D eigenvalue weighted by Crippen LogP contribution is 2.29. The second-order valence-electron chi connectivity index (χ2n) is 4.21. The third-order valence-electron chi connectivity index (χ3n) is 2.75. The first-order chi connectivity index (χ1) is 7.74. The van der Waals surface area contributed by atoms with Crippen LogP contribution < -0.4 is 0 Å². The molecule has 0 spiro atoms. The molecule has 1 N–H and O–H groups in total. The van der Waals surface area contributed by atoms with Crippen molar-refractivity contribution < 1.29 is 5.11 Å². The van der Waals surface area contributed by atoms with Gasteiger partial charge in [0, 0.05) is 4.88 Å². The Hall–Kier alpha value is -0.0500. The molecule has 0 radical (unpaired) electrons. The highest BCUT2D eigenvalue weighted by atomic mass is 35.5. The molecule has 1 aromatic heterocycles. The van der Waals surface area contributed by atoms with Crippen LogP contribution in [-0.2, 0) is 0 Å². The summed E-state index contributed by atoms with van der Waals surface area (Å²) in [4.78, 5) is 0.999. The largest absolute Gasteiger partial charge is 0.388 e. The summed E-state index contributed by atoms with van der Waals surface area (Å²) in [6.07, 6.45) is 8.14. The summed E-state index contributed by atoms with van der Waals surface area (Å²) in [5, 5.41) is 9.89. The summed E-state index contributed by atoms with van der Waals surface area (Å²) in [5.74, 6) is 0. The Morgan fingerprint density at radius 1 is 1.19 bits per heavy atom. The molecular weight excluding hydrogens is 240 g/mol. The van der Waals surface area contributed by atoms with Crippen molar-refractivity contribution in [3.63, 3.8) is 0 Å². The van der Waals surface area contributed by atoms with Crippen LogP contribution in [0.5, 0.6) is 0 Å². The van der Waals surface area contributed by atoms with Crippen molar-refractivity contribution in [3.05, 3.63) is 21.3 Å². The normalized spacial score (nSPS) is 12.9. The van der Waals surface area contributed by atoms with E-state index >= 15 is 0 Å². The predicted octanol–water partition coefficient (Wildman–Crippen LogP) is 5.19. The minimum atomic E-state index is -0.316. The van der Waals surface area contributed by atoms with E-state index < -0.39 is 0 Å². The molecule has 1 unspecified atom stereocenters. The van der Waals surface area contributed by atoms with Crippen LogP contribution in [0.15, 0.2) is 12.1 Å². The first-order valence-electron chi connectivity index (χ1n) is 6.17. The van der Waals surface area contributed by atoms with Crippen molar-refractivity contribution in [1.29, 1.82) is 0 Å². The molecule has 1 nitrogen and oxygen atoms in total. The van der Waals surface area contributed by atoms with Gasteiger partial charge in [0.1, 0.15) is 0 Å². The second kappa shape index (κ2) is 8.10. The van der Waals surface area contributed by atoms with Gasteiger partial charge in [-0.3, -0.25) is 0 Å². The van der Waals surface area contributed by atoms with Gasteiger partial charge in [0.25, 0.3) is 0 Å². The maximum absolute atomic E-state index is 9.89. The molecule has 1 aromatic rings. The molecule has 1 rings (SSSR count). The lowest BCUT2D eigenvalue weighted by atomic mass is 10.1. The van der Waals surface area contributed by atoms with Crippen LogP contribution in [-0.4, -0.2) is 5.11 Å². The van der Waals surface area contributed by atoms with Gasteiger partial charge >= 0.3 is 0 Å². The van der Waals surface area contributed by atoms with E-state index in [2.05, 4.69) is 6.92 Å². The summed E-state index contributed by atoms with van der Waals surface area (Å²) in [7, 11) is 0. The van der Waals surface area contributed by atoms with Gasteiger partial charge in [-0.05, 0) is 18.6 Å². The van der Waals surface area contributed by atoms with E-state index in [9.17, 15) is 5.11 Å². The third kappa shape index (κ3) is 5.33. The molecule has 16 heavy (non-hydrogen) atoms. The van der Waals surface area contributed by atoms with Crippen molar-refractivity contribution >= 4 is 22.9 Å². The van der Waals surface area contributed by atoms with E-state index in [1.165, 1.54) is 43.4 Å².